The molecule has 0 radical (unpaired) electrons. The number of piperidine rings is 2. The first-order chi connectivity index (χ1) is 14.3. The van der Waals surface area contributed by atoms with E-state index in [1.54, 1.807) is 18.2 Å². The van der Waals surface area contributed by atoms with Gasteiger partial charge in [0, 0.05) is 19.5 Å². The molecule has 160 valence electrons. The summed E-state index contributed by atoms with van der Waals surface area (Å²) in [5.41, 5.74) is 6.06. The molecule has 2 saturated heterocycles. The average molecular weight is 414 g/mol. The Morgan fingerprint density at radius 3 is 2.73 bits per heavy atom. The number of nitrogens with two attached hydrogens (primary N) is 1. The second-order valence-electron chi connectivity index (χ2n) is 8.36. The predicted octanol–water partition coefficient (Wildman–Crippen LogP) is -0.236. The molecule has 0 aromatic heterocycles. The maximum Gasteiger partial charge on any atom is 0.262 e. The van der Waals surface area contributed by atoms with Gasteiger partial charge < -0.3 is 10.8 Å². The number of rotatable bonds is 5. The fraction of sp³-hybridized carbons (Fsp3) is 0.524. The summed E-state index contributed by atoms with van der Waals surface area (Å²) >= 11 is 0. The van der Waals surface area contributed by atoms with Crippen LogP contribution in [0.2, 0.25) is 0 Å². The number of likely N-dealkylation sites (tertiary alicyclic amines) is 1. The molecule has 3 aliphatic heterocycles. The number of amides is 4. The highest BCUT2D eigenvalue weighted by molar-refractivity contribution is 6.24. The van der Waals surface area contributed by atoms with E-state index in [1.165, 1.54) is 0 Å². The molecule has 1 aromatic rings. The van der Waals surface area contributed by atoms with Gasteiger partial charge in [-0.1, -0.05) is 12.1 Å². The SMILES string of the molecule is NCCC1(O)CCCN(Cc2cccc3c2C(=O)N(C2CCC(=O)NC2=O)C3=O)C1. The molecule has 3 heterocycles. The van der Waals surface area contributed by atoms with E-state index in [0.29, 0.717) is 43.6 Å². The third-order valence-corrected chi connectivity index (χ3v) is 6.19. The number of benzene rings is 1. The number of aliphatic hydroxyl groups is 1. The molecule has 4 amide bonds. The minimum absolute atomic E-state index is 0.0875. The van der Waals surface area contributed by atoms with E-state index in [1.807, 2.05) is 0 Å². The van der Waals surface area contributed by atoms with Gasteiger partial charge in [-0.05, 0) is 50.4 Å². The Labute approximate surface area is 174 Å². The maximum atomic E-state index is 13.2. The van der Waals surface area contributed by atoms with Crippen LogP contribution in [-0.2, 0) is 16.1 Å². The molecule has 2 unspecified atom stereocenters. The van der Waals surface area contributed by atoms with Gasteiger partial charge in [0.05, 0.1) is 16.7 Å². The lowest BCUT2D eigenvalue weighted by molar-refractivity contribution is -0.136. The van der Waals surface area contributed by atoms with E-state index >= 15 is 0 Å². The molecule has 4 rings (SSSR count). The van der Waals surface area contributed by atoms with E-state index in [9.17, 15) is 24.3 Å². The van der Waals surface area contributed by atoms with Crippen LogP contribution in [0, 0.1) is 0 Å². The van der Waals surface area contributed by atoms with Gasteiger partial charge in [0.1, 0.15) is 6.04 Å². The first kappa shape index (κ1) is 20.6. The van der Waals surface area contributed by atoms with Gasteiger partial charge in [-0.3, -0.25) is 34.3 Å². The number of hydrogen-bond donors (Lipinski definition) is 3. The largest absolute Gasteiger partial charge is 0.389 e. The molecule has 0 bridgehead atoms. The minimum atomic E-state index is -0.979. The number of fused-ring (bicyclic) bond motifs is 1. The predicted molar refractivity (Wildman–Crippen MR) is 106 cm³/mol. The fourth-order valence-electron chi connectivity index (χ4n) is 4.77. The van der Waals surface area contributed by atoms with Gasteiger partial charge in [-0.15, -0.1) is 0 Å². The van der Waals surface area contributed by atoms with Crippen molar-refractivity contribution in [3.63, 3.8) is 0 Å². The van der Waals surface area contributed by atoms with Crippen molar-refractivity contribution in [2.45, 2.75) is 50.3 Å². The quantitative estimate of drug-likeness (QED) is 0.567. The zero-order chi connectivity index (χ0) is 21.5. The van der Waals surface area contributed by atoms with Crippen molar-refractivity contribution in [3.8, 4) is 0 Å². The van der Waals surface area contributed by atoms with Gasteiger partial charge >= 0.3 is 0 Å². The second-order valence-corrected chi connectivity index (χ2v) is 8.36. The molecule has 0 aliphatic carbocycles. The molecule has 9 heteroatoms. The van der Waals surface area contributed by atoms with Crippen LogP contribution in [0.3, 0.4) is 0 Å². The Bertz CT molecular complexity index is 913. The molecule has 4 N–H and O–H groups in total. The summed E-state index contributed by atoms with van der Waals surface area (Å²) in [7, 11) is 0. The highest BCUT2D eigenvalue weighted by atomic mass is 16.3. The van der Waals surface area contributed by atoms with Gasteiger partial charge in [0.25, 0.3) is 11.8 Å². The van der Waals surface area contributed by atoms with Crippen LogP contribution in [0.15, 0.2) is 18.2 Å². The Hall–Kier alpha value is -2.62. The Morgan fingerprint density at radius 1 is 1.20 bits per heavy atom. The summed E-state index contributed by atoms with van der Waals surface area (Å²) in [6.07, 6.45) is 2.24. The maximum absolute atomic E-state index is 13.2. The normalized spacial score (nSPS) is 27.4. The Kier molecular flexibility index (Phi) is 5.44. The van der Waals surface area contributed by atoms with Crippen LogP contribution in [-0.4, -0.2) is 69.8 Å². The molecule has 2 fully saturated rings. The highest BCUT2D eigenvalue weighted by Crippen LogP contribution is 2.32. The standard InChI is InChI=1S/C21H26N4O5/c22-9-8-21(30)7-2-10-24(12-21)11-13-3-1-4-14-17(13)20(29)25(19(14)28)15-5-6-16(26)23-18(15)27/h1,3-4,15,30H,2,5-12,22H2,(H,23,26,27). The molecule has 1 aromatic carbocycles. The second kappa shape index (κ2) is 7.90. The number of carbonyl (C=O) groups is 4. The summed E-state index contributed by atoms with van der Waals surface area (Å²) in [4.78, 5) is 52.9. The molecule has 30 heavy (non-hydrogen) atoms. The molecule has 0 saturated carbocycles. The van der Waals surface area contributed by atoms with Crippen LogP contribution in [0.4, 0.5) is 0 Å². The molecule has 9 nitrogen and oxygen atoms in total. The number of nitrogens with zero attached hydrogens (tertiary/aromatic N) is 2. The summed E-state index contributed by atoms with van der Waals surface area (Å²) in [6, 6.07) is 4.14. The van der Waals surface area contributed by atoms with Crippen molar-refractivity contribution in [3.05, 3.63) is 34.9 Å². The van der Waals surface area contributed by atoms with E-state index in [0.717, 1.165) is 17.9 Å². The van der Waals surface area contributed by atoms with E-state index in [4.69, 9.17) is 5.73 Å². The molecule has 3 aliphatic rings. The number of nitrogens with one attached hydrogen (secondary N) is 1. The smallest absolute Gasteiger partial charge is 0.262 e. The summed E-state index contributed by atoms with van der Waals surface area (Å²) < 4.78 is 0. The van der Waals surface area contributed by atoms with Crippen LogP contribution in [0.5, 0.6) is 0 Å². The fourth-order valence-corrected chi connectivity index (χ4v) is 4.77. The van der Waals surface area contributed by atoms with E-state index < -0.39 is 35.3 Å². The van der Waals surface area contributed by atoms with Crippen LogP contribution < -0.4 is 11.1 Å². The molecular weight excluding hydrogens is 388 g/mol. The molecular formula is C21H26N4O5. The van der Waals surface area contributed by atoms with Crippen LogP contribution in [0.1, 0.15) is 58.4 Å². The minimum Gasteiger partial charge on any atom is -0.389 e. The average Bonchev–Trinajstić information content (AvgIpc) is 2.94. The Balaban J connectivity index is 1.58. The molecule has 0 spiro atoms. The van der Waals surface area contributed by atoms with Crippen LogP contribution in [0.25, 0.3) is 0 Å². The highest BCUT2D eigenvalue weighted by Gasteiger charge is 2.45. The topological polar surface area (TPSA) is 133 Å². The van der Waals surface area contributed by atoms with Gasteiger partial charge in [0.15, 0.2) is 0 Å². The van der Waals surface area contributed by atoms with Crippen molar-refractivity contribution >= 4 is 23.6 Å². The zero-order valence-corrected chi connectivity index (χ0v) is 16.7. The summed E-state index contributed by atoms with van der Waals surface area (Å²) in [6.45, 7) is 2.04. The monoisotopic (exact) mass is 414 g/mol. The summed E-state index contributed by atoms with van der Waals surface area (Å²) in [5, 5.41) is 13.0. The van der Waals surface area contributed by atoms with E-state index in [-0.39, 0.29) is 18.4 Å². The zero-order valence-electron chi connectivity index (χ0n) is 16.7. The number of imide groups is 2. The lowest BCUT2D eigenvalue weighted by Crippen LogP contribution is -2.54. The lowest BCUT2D eigenvalue weighted by atomic mass is 9.89. The number of carbonyl (C=O) groups excluding carboxylic acids is 4. The van der Waals surface area contributed by atoms with Gasteiger partial charge in [-0.2, -0.15) is 0 Å². The first-order valence-electron chi connectivity index (χ1n) is 10.3. The van der Waals surface area contributed by atoms with Crippen molar-refractivity contribution < 1.29 is 24.3 Å². The van der Waals surface area contributed by atoms with Crippen molar-refractivity contribution in [1.29, 1.82) is 0 Å². The van der Waals surface area contributed by atoms with Crippen LogP contribution >= 0.6 is 0 Å². The van der Waals surface area contributed by atoms with Crippen molar-refractivity contribution in [2.75, 3.05) is 19.6 Å². The Morgan fingerprint density at radius 2 is 2.00 bits per heavy atom. The number of hydrogen-bond acceptors (Lipinski definition) is 7. The van der Waals surface area contributed by atoms with Crippen molar-refractivity contribution in [1.82, 2.24) is 15.1 Å². The van der Waals surface area contributed by atoms with Gasteiger partial charge in [-0.25, -0.2) is 0 Å². The van der Waals surface area contributed by atoms with E-state index in [2.05, 4.69) is 10.2 Å². The third-order valence-electron chi connectivity index (χ3n) is 6.19. The summed E-state index contributed by atoms with van der Waals surface area (Å²) in [5.74, 6) is -2.03. The number of β-amino-alcohol motifs (C(OH)–C–C–N with tert-alkyl or cyclic N) is 1. The first-order valence-corrected chi connectivity index (χ1v) is 10.3. The third kappa shape index (κ3) is 3.64. The van der Waals surface area contributed by atoms with Crippen molar-refractivity contribution in [2.24, 2.45) is 5.73 Å². The molecule has 2 atom stereocenters. The lowest BCUT2D eigenvalue weighted by Gasteiger charge is -2.39. The van der Waals surface area contributed by atoms with Gasteiger partial charge in [0.2, 0.25) is 11.8 Å².